The van der Waals surface area contributed by atoms with Gasteiger partial charge < -0.3 is 10.5 Å². The van der Waals surface area contributed by atoms with Crippen LogP contribution in [0.3, 0.4) is 0 Å². The van der Waals surface area contributed by atoms with E-state index in [1.807, 2.05) is 0 Å². The minimum Gasteiger partial charge on any atom is -0.496 e. The highest BCUT2D eigenvalue weighted by molar-refractivity contribution is 5.56. The normalized spacial score (nSPS) is 11.5. The zero-order valence-corrected chi connectivity index (χ0v) is 7.15. The van der Waals surface area contributed by atoms with Crippen LogP contribution in [0, 0.1) is 5.82 Å². The lowest BCUT2D eigenvalue weighted by molar-refractivity contribution is -0.138. The van der Waals surface area contributed by atoms with Gasteiger partial charge in [0.05, 0.1) is 12.8 Å². The first kappa shape index (κ1) is 10.6. The van der Waals surface area contributed by atoms with Crippen LogP contribution in [0.1, 0.15) is 5.56 Å². The van der Waals surface area contributed by atoms with Crippen LogP contribution in [-0.2, 0) is 6.18 Å². The Morgan fingerprint density at radius 2 is 1.86 bits per heavy atom. The molecule has 0 saturated heterocycles. The fraction of sp³-hybridized carbons (Fsp3) is 0.250. The van der Waals surface area contributed by atoms with Gasteiger partial charge in [0.15, 0.2) is 0 Å². The summed E-state index contributed by atoms with van der Waals surface area (Å²) in [5.41, 5.74) is 3.21. The van der Waals surface area contributed by atoms with Gasteiger partial charge in [-0.05, 0) is 6.07 Å². The lowest BCUT2D eigenvalue weighted by atomic mass is 10.1. The third-order valence-corrected chi connectivity index (χ3v) is 1.60. The Morgan fingerprint density at radius 1 is 1.29 bits per heavy atom. The minimum atomic E-state index is -4.65. The molecule has 78 valence electrons. The summed E-state index contributed by atoms with van der Waals surface area (Å²) in [6, 6.07) is 1.24. The monoisotopic (exact) mass is 209 g/mol. The summed E-state index contributed by atoms with van der Waals surface area (Å²) in [5.74, 6) is -1.48. The number of halogens is 4. The molecular formula is C8H7F4NO. The molecule has 0 spiro atoms. The first-order chi connectivity index (χ1) is 6.36. The van der Waals surface area contributed by atoms with Crippen LogP contribution in [0.25, 0.3) is 0 Å². The van der Waals surface area contributed by atoms with E-state index in [0.29, 0.717) is 12.1 Å². The Hall–Kier alpha value is -1.46. The summed E-state index contributed by atoms with van der Waals surface area (Å²) in [7, 11) is 1.02. The summed E-state index contributed by atoms with van der Waals surface area (Å²) in [6.45, 7) is 0. The Morgan fingerprint density at radius 3 is 2.29 bits per heavy atom. The summed E-state index contributed by atoms with van der Waals surface area (Å²) in [4.78, 5) is 0. The van der Waals surface area contributed by atoms with Gasteiger partial charge in [0.1, 0.15) is 17.1 Å². The fourth-order valence-corrected chi connectivity index (χ4v) is 1.07. The number of hydrogen-bond donors (Lipinski definition) is 1. The Balaban J connectivity index is 3.40. The molecule has 0 saturated carbocycles. The molecule has 0 radical (unpaired) electrons. The van der Waals surface area contributed by atoms with Gasteiger partial charge in [0, 0.05) is 6.07 Å². The van der Waals surface area contributed by atoms with E-state index in [1.54, 1.807) is 0 Å². The van der Waals surface area contributed by atoms with Gasteiger partial charge in [0.2, 0.25) is 0 Å². The zero-order chi connectivity index (χ0) is 10.9. The maximum Gasteiger partial charge on any atom is 0.421 e. The van der Waals surface area contributed by atoms with E-state index in [1.165, 1.54) is 0 Å². The molecule has 0 fully saturated rings. The van der Waals surface area contributed by atoms with Crippen LogP contribution in [0.4, 0.5) is 23.2 Å². The third kappa shape index (κ3) is 1.89. The molecule has 0 unspecified atom stereocenters. The molecule has 1 rings (SSSR count). The van der Waals surface area contributed by atoms with Crippen LogP contribution in [-0.4, -0.2) is 7.11 Å². The molecule has 1 aromatic carbocycles. The van der Waals surface area contributed by atoms with Crippen molar-refractivity contribution < 1.29 is 22.3 Å². The smallest absolute Gasteiger partial charge is 0.421 e. The molecule has 6 heteroatoms. The van der Waals surface area contributed by atoms with E-state index in [9.17, 15) is 17.6 Å². The number of nitrogen functional groups attached to an aromatic ring is 1. The fourth-order valence-electron chi connectivity index (χ4n) is 1.07. The largest absolute Gasteiger partial charge is 0.496 e. The summed E-state index contributed by atoms with van der Waals surface area (Å²) >= 11 is 0. The lowest BCUT2D eigenvalue weighted by Gasteiger charge is -2.13. The van der Waals surface area contributed by atoms with E-state index in [4.69, 9.17) is 5.73 Å². The third-order valence-electron chi connectivity index (χ3n) is 1.60. The van der Waals surface area contributed by atoms with E-state index in [0.717, 1.165) is 7.11 Å². The zero-order valence-electron chi connectivity index (χ0n) is 7.15. The number of rotatable bonds is 1. The lowest BCUT2D eigenvalue weighted by Crippen LogP contribution is -2.11. The molecule has 0 heterocycles. The van der Waals surface area contributed by atoms with Crippen molar-refractivity contribution in [3.63, 3.8) is 0 Å². The van der Waals surface area contributed by atoms with E-state index >= 15 is 0 Å². The topological polar surface area (TPSA) is 35.2 Å². The average molecular weight is 209 g/mol. The predicted molar refractivity (Wildman–Crippen MR) is 42.4 cm³/mol. The molecule has 14 heavy (non-hydrogen) atoms. The van der Waals surface area contributed by atoms with Crippen LogP contribution in [0.2, 0.25) is 0 Å². The Kier molecular flexibility index (Phi) is 2.55. The predicted octanol–water partition coefficient (Wildman–Crippen LogP) is 2.44. The van der Waals surface area contributed by atoms with Crippen molar-refractivity contribution in [2.24, 2.45) is 0 Å². The molecule has 0 aliphatic heterocycles. The van der Waals surface area contributed by atoms with Gasteiger partial charge >= 0.3 is 6.18 Å². The number of hydrogen-bond acceptors (Lipinski definition) is 2. The highest BCUT2D eigenvalue weighted by Gasteiger charge is 2.37. The molecule has 1 aromatic rings. The number of ether oxygens (including phenoxy) is 1. The second-order valence-electron chi connectivity index (χ2n) is 2.57. The van der Waals surface area contributed by atoms with E-state index in [2.05, 4.69) is 4.74 Å². The second kappa shape index (κ2) is 3.36. The Labute approximate surface area is 77.3 Å². The van der Waals surface area contributed by atoms with Gasteiger partial charge in [-0.2, -0.15) is 13.2 Å². The molecule has 0 aliphatic carbocycles. The van der Waals surface area contributed by atoms with E-state index in [-0.39, 0.29) is 0 Å². The number of methoxy groups -OCH3 is 1. The SMILES string of the molecule is COc1cc(F)cc(N)c1C(F)(F)F. The maximum absolute atomic E-state index is 12.7. The van der Waals surface area contributed by atoms with Crippen LogP contribution in [0.5, 0.6) is 5.75 Å². The molecule has 2 nitrogen and oxygen atoms in total. The number of anilines is 1. The van der Waals surface area contributed by atoms with Gasteiger partial charge in [-0.15, -0.1) is 0 Å². The standard InChI is InChI=1S/C8H7F4NO/c1-14-6-3-4(9)2-5(13)7(6)8(10,11)12/h2-3H,13H2,1H3. The van der Waals surface area contributed by atoms with Crippen LogP contribution < -0.4 is 10.5 Å². The van der Waals surface area contributed by atoms with Crippen molar-refractivity contribution in [1.29, 1.82) is 0 Å². The first-order valence-corrected chi connectivity index (χ1v) is 3.56. The van der Waals surface area contributed by atoms with Crippen LogP contribution >= 0.6 is 0 Å². The van der Waals surface area contributed by atoms with Crippen molar-refractivity contribution in [2.75, 3.05) is 12.8 Å². The highest BCUT2D eigenvalue weighted by Crippen LogP contribution is 2.40. The van der Waals surface area contributed by atoms with Crippen molar-refractivity contribution in [1.82, 2.24) is 0 Å². The molecule has 2 N–H and O–H groups in total. The van der Waals surface area contributed by atoms with Crippen molar-refractivity contribution in [3.8, 4) is 5.75 Å². The van der Waals surface area contributed by atoms with Crippen molar-refractivity contribution in [2.45, 2.75) is 6.18 Å². The van der Waals surface area contributed by atoms with Gasteiger partial charge in [-0.1, -0.05) is 0 Å². The summed E-state index contributed by atoms with van der Waals surface area (Å²) < 4.78 is 54.1. The summed E-state index contributed by atoms with van der Waals surface area (Å²) in [6.07, 6.45) is -4.65. The molecule has 0 aliphatic rings. The molecule has 0 amide bonds. The van der Waals surface area contributed by atoms with E-state index < -0.39 is 29.0 Å². The van der Waals surface area contributed by atoms with Crippen LogP contribution in [0.15, 0.2) is 12.1 Å². The second-order valence-corrected chi connectivity index (χ2v) is 2.57. The molecular weight excluding hydrogens is 202 g/mol. The summed E-state index contributed by atoms with van der Waals surface area (Å²) in [5, 5.41) is 0. The van der Waals surface area contributed by atoms with Crippen molar-refractivity contribution >= 4 is 5.69 Å². The Bertz CT molecular complexity index is 348. The maximum atomic E-state index is 12.7. The molecule has 0 bridgehead atoms. The van der Waals surface area contributed by atoms with Gasteiger partial charge in [0.25, 0.3) is 0 Å². The number of alkyl halides is 3. The first-order valence-electron chi connectivity index (χ1n) is 3.56. The number of nitrogens with two attached hydrogens (primary N) is 1. The molecule has 0 atom stereocenters. The van der Waals surface area contributed by atoms with Gasteiger partial charge in [-0.25, -0.2) is 4.39 Å². The van der Waals surface area contributed by atoms with Gasteiger partial charge in [-0.3, -0.25) is 0 Å². The van der Waals surface area contributed by atoms with Crippen molar-refractivity contribution in [3.05, 3.63) is 23.5 Å². The minimum absolute atomic E-state index is 0.603. The molecule has 0 aromatic heterocycles. The quantitative estimate of drug-likeness (QED) is 0.569. The average Bonchev–Trinajstić information content (AvgIpc) is 1.99. The number of benzene rings is 1. The highest BCUT2D eigenvalue weighted by atomic mass is 19.4.